The van der Waals surface area contributed by atoms with Crippen LogP contribution in [0.2, 0.25) is 0 Å². The van der Waals surface area contributed by atoms with E-state index in [4.69, 9.17) is 0 Å². The van der Waals surface area contributed by atoms with E-state index in [1.54, 1.807) is 16.6 Å². The number of hydrogen-bond acceptors (Lipinski definition) is 2. The molecule has 0 amide bonds. The first-order valence-electron chi connectivity index (χ1n) is 6.55. The lowest BCUT2D eigenvalue weighted by Crippen LogP contribution is -2.10. The van der Waals surface area contributed by atoms with Crippen molar-refractivity contribution in [3.05, 3.63) is 54.4 Å². The zero-order valence-electron chi connectivity index (χ0n) is 11.8. The van der Waals surface area contributed by atoms with Gasteiger partial charge in [0.1, 0.15) is 0 Å². The van der Waals surface area contributed by atoms with Crippen LogP contribution in [0.1, 0.15) is 26.3 Å². The average molecular weight is 269 g/mol. The molecule has 0 aromatic carbocycles. The van der Waals surface area contributed by atoms with Gasteiger partial charge in [0.2, 0.25) is 5.95 Å². The first-order chi connectivity index (χ1) is 9.47. The van der Waals surface area contributed by atoms with E-state index >= 15 is 0 Å². The fourth-order valence-corrected chi connectivity index (χ4v) is 2.32. The van der Waals surface area contributed by atoms with E-state index in [1.807, 2.05) is 24.5 Å². The molecule has 0 aliphatic heterocycles. The molecule has 0 bridgehead atoms. The summed E-state index contributed by atoms with van der Waals surface area (Å²) >= 11 is 0. The van der Waals surface area contributed by atoms with Gasteiger partial charge in [-0.05, 0) is 23.6 Å². The van der Waals surface area contributed by atoms with Gasteiger partial charge in [0.15, 0.2) is 0 Å². The lowest BCUT2D eigenvalue weighted by atomic mass is 9.88. The van der Waals surface area contributed by atoms with Crippen LogP contribution in [-0.4, -0.2) is 14.6 Å². The summed E-state index contributed by atoms with van der Waals surface area (Å²) < 4.78 is 15.5. The topological polar surface area (TPSA) is 30.2 Å². The van der Waals surface area contributed by atoms with Crippen LogP contribution in [0.5, 0.6) is 0 Å². The summed E-state index contributed by atoms with van der Waals surface area (Å²) in [5.74, 6) is -0.463. The SMILES string of the molecule is CC(C)(C)c1cnn2cc(-c3cccnc3F)ccc12. The van der Waals surface area contributed by atoms with E-state index in [1.165, 1.54) is 11.8 Å². The molecule has 20 heavy (non-hydrogen) atoms. The van der Waals surface area contributed by atoms with Gasteiger partial charge in [0.25, 0.3) is 0 Å². The van der Waals surface area contributed by atoms with Gasteiger partial charge in [-0.3, -0.25) is 0 Å². The van der Waals surface area contributed by atoms with Crippen molar-refractivity contribution in [1.82, 2.24) is 14.6 Å². The Hall–Kier alpha value is -2.23. The molecule has 0 radical (unpaired) electrons. The molecule has 0 fully saturated rings. The minimum atomic E-state index is -0.463. The van der Waals surface area contributed by atoms with Crippen LogP contribution in [-0.2, 0) is 5.41 Å². The third-order valence-electron chi connectivity index (χ3n) is 3.39. The van der Waals surface area contributed by atoms with Gasteiger partial charge in [-0.1, -0.05) is 26.8 Å². The Labute approximate surface area is 117 Å². The first kappa shape index (κ1) is 12.8. The van der Waals surface area contributed by atoms with Crippen molar-refractivity contribution in [2.75, 3.05) is 0 Å². The first-order valence-corrected chi connectivity index (χ1v) is 6.55. The summed E-state index contributed by atoms with van der Waals surface area (Å²) in [4.78, 5) is 3.68. The van der Waals surface area contributed by atoms with Crippen molar-refractivity contribution in [2.24, 2.45) is 0 Å². The molecule has 0 aliphatic rings. The van der Waals surface area contributed by atoms with Crippen LogP contribution in [0, 0.1) is 5.95 Å². The molecular formula is C16H16FN3. The maximum Gasteiger partial charge on any atom is 0.220 e. The van der Waals surface area contributed by atoms with E-state index < -0.39 is 5.95 Å². The highest BCUT2D eigenvalue weighted by atomic mass is 19.1. The van der Waals surface area contributed by atoms with E-state index in [2.05, 4.69) is 30.9 Å². The summed E-state index contributed by atoms with van der Waals surface area (Å²) in [7, 11) is 0. The highest BCUT2D eigenvalue weighted by molar-refractivity contribution is 5.67. The van der Waals surface area contributed by atoms with Crippen molar-refractivity contribution in [2.45, 2.75) is 26.2 Å². The number of pyridine rings is 2. The van der Waals surface area contributed by atoms with Crippen LogP contribution in [0.4, 0.5) is 4.39 Å². The highest BCUT2D eigenvalue weighted by Crippen LogP contribution is 2.28. The molecule has 3 heterocycles. The Balaban J connectivity index is 2.16. The molecular weight excluding hydrogens is 253 g/mol. The number of hydrogen-bond donors (Lipinski definition) is 0. The molecule has 0 aliphatic carbocycles. The normalized spacial score (nSPS) is 12.0. The zero-order valence-corrected chi connectivity index (χ0v) is 11.8. The van der Waals surface area contributed by atoms with Gasteiger partial charge in [0, 0.05) is 29.1 Å². The van der Waals surface area contributed by atoms with Crippen molar-refractivity contribution < 1.29 is 4.39 Å². The number of fused-ring (bicyclic) bond motifs is 1. The highest BCUT2D eigenvalue weighted by Gasteiger charge is 2.19. The maximum atomic E-state index is 13.7. The second kappa shape index (κ2) is 4.40. The summed E-state index contributed by atoms with van der Waals surface area (Å²) in [6.07, 6.45) is 5.16. The Kier molecular flexibility index (Phi) is 2.82. The Bertz CT molecular complexity index is 769. The second-order valence-corrected chi connectivity index (χ2v) is 5.90. The maximum absolute atomic E-state index is 13.7. The van der Waals surface area contributed by atoms with Crippen molar-refractivity contribution >= 4 is 5.52 Å². The average Bonchev–Trinajstić information content (AvgIpc) is 2.82. The fraction of sp³-hybridized carbons (Fsp3) is 0.250. The standard InChI is InChI=1S/C16H16FN3/c1-16(2,3)13-9-19-20-10-11(6-7-14(13)20)12-5-4-8-18-15(12)17/h4-10H,1-3H3. The van der Waals surface area contributed by atoms with Crippen LogP contribution >= 0.6 is 0 Å². The minimum Gasteiger partial charge on any atom is -0.240 e. The van der Waals surface area contributed by atoms with Gasteiger partial charge in [-0.25, -0.2) is 9.50 Å². The lowest BCUT2D eigenvalue weighted by Gasteiger charge is -2.16. The van der Waals surface area contributed by atoms with Crippen molar-refractivity contribution in [1.29, 1.82) is 0 Å². The van der Waals surface area contributed by atoms with E-state index in [-0.39, 0.29) is 5.41 Å². The van der Waals surface area contributed by atoms with Crippen LogP contribution in [0.15, 0.2) is 42.9 Å². The van der Waals surface area contributed by atoms with Crippen molar-refractivity contribution in [3.8, 4) is 11.1 Å². The Morgan fingerprint density at radius 1 is 1.15 bits per heavy atom. The monoisotopic (exact) mass is 269 g/mol. The summed E-state index contributed by atoms with van der Waals surface area (Å²) in [5.41, 5.74) is 3.51. The fourth-order valence-electron chi connectivity index (χ4n) is 2.32. The van der Waals surface area contributed by atoms with Crippen LogP contribution in [0.25, 0.3) is 16.6 Å². The van der Waals surface area contributed by atoms with Gasteiger partial charge in [-0.15, -0.1) is 0 Å². The molecule has 0 saturated carbocycles. The van der Waals surface area contributed by atoms with Gasteiger partial charge in [0.05, 0.1) is 11.7 Å². The van der Waals surface area contributed by atoms with Gasteiger partial charge >= 0.3 is 0 Å². The largest absolute Gasteiger partial charge is 0.240 e. The second-order valence-electron chi connectivity index (χ2n) is 5.90. The van der Waals surface area contributed by atoms with E-state index in [9.17, 15) is 4.39 Å². The molecule has 4 heteroatoms. The smallest absolute Gasteiger partial charge is 0.220 e. The van der Waals surface area contributed by atoms with E-state index in [0.717, 1.165) is 11.1 Å². The zero-order chi connectivity index (χ0) is 14.3. The molecule has 3 aromatic rings. The molecule has 3 aromatic heterocycles. The summed E-state index contributed by atoms with van der Waals surface area (Å²) in [6.45, 7) is 6.45. The van der Waals surface area contributed by atoms with Crippen LogP contribution in [0.3, 0.4) is 0 Å². The van der Waals surface area contributed by atoms with Gasteiger partial charge in [-0.2, -0.15) is 9.49 Å². The molecule has 0 N–H and O–H groups in total. The van der Waals surface area contributed by atoms with E-state index in [0.29, 0.717) is 5.56 Å². The molecule has 0 saturated heterocycles. The number of rotatable bonds is 1. The van der Waals surface area contributed by atoms with Crippen molar-refractivity contribution in [3.63, 3.8) is 0 Å². The third kappa shape index (κ3) is 2.07. The molecule has 0 spiro atoms. The molecule has 3 rings (SSSR count). The molecule has 0 unspecified atom stereocenters. The summed E-state index contributed by atoms with van der Waals surface area (Å²) in [6, 6.07) is 7.34. The predicted molar refractivity (Wildman–Crippen MR) is 77.1 cm³/mol. The number of halogens is 1. The third-order valence-corrected chi connectivity index (χ3v) is 3.39. The summed E-state index contributed by atoms with van der Waals surface area (Å²) in [5, 5.41) is 4.37. The van der Waals surface area contributed by atoms with Crippen LogP contribution < -0.4 is 0 Å². The quantitative estimate of drug-likeness (QED) is 0.628. The lowest BCUT2D eigenvalue weighted by molar-refractivity contribution is 0.587. The number of aromatic nitrogens is 3. The molecule has 0 atom stereocenters. The minimum absolute atomic E-state index is 0.0306. The molecule has 102 valence electrons. The number of nitrogens with zero attached hydrogens (tertiary/aromatic N) is 3. The molecule has 3 nitrogen and oxygen atoms in total. The Morgan fingerprint density at radius 3 is 2.65 bits per heavy atom. The predicted octanol–water partition coefficient (Wildman–Crippen LogP) is 3.83. The Morgan fingerprint density at radius 2 is 1.95 bits per heavy atom. The van der Waals surface area contributed by atoms with Gasteiger partial charge < -0.3 is 0 Å².